The van der Waals surface area contributed by atoms with Gasteiger partial charge in [-0.05, 0) is 72.9 Å². The minimum atomic E-state index is 0.330. The number of hydrogen-bond acceptors (Lipinski definition) is 3. The van der Waals surface area contributed by atoms with Crippen molar-refractivity contribution in [1.82, 2.24) is 0 Å². The Bertz CT molecular complexity index is 576. The molecule has 0 bridgehead atoms. The van der Waals surface area contributed by atoms with Crippen LogP contribution in [-0.4, -0.2) is 23.4 Å². The van der Waals surface area contributed by atoms with E-state index in [1.54, 1.807) is 24.3 Å². The SMILES string of the molecule is CC(CCCCOCCCCC(C)c1ccc(O)cc1)c1ccc(O)cc1. The summed E-state index contributed by atoms with van der Waals surface area (Å²) in [5.41, 5.74) is 2.58. The second-order valence-electron chi connectivity index (χ2n) is 7.59. The van der Waals surface area contributed by atoms with Crippen molar-refractivity contribution in [3.8, 4) is 11.5 Å². The van der Waals surface area contributed by atoms with Crippen LogP contribution < -0.4 is 0 Å². The number of ether oxygens (including phenoxy) is 1. The molecule has 3 heteroatoms. The number of phenolic OH excluding ortho intramolecular Hbond substituents is 2. The molecule has 0 aromatic heterocycles. The first-order chi connectivity index (χ1) is 13.1. The average Bonchev–Trinajstić information content (AvgIpc) is 2.67. The smallest absolute Gasteiger partial charge is 0.115 e. The predicted molar refractivity (Wildman–Crippen MR) is 112 cm³/mol. The first kappa shape index (κ1) is 21.3. The maximum Gasteiger partial charge on any atom is 0.115 e. The molecular formula is C24H34O3. The van der Waals surface area contributed by atoms with Gasteiger partial charge in [0.25, 0.3) is 0 Å². The van der Waals surface area contributed by atoms with E-state index in [9.17, 15) is 10.2 Å². The zero-order valence-corrected chi connectivity index (χ0v) is 16.7. The number of rotatable bonds is 12. The molecule has 148 valence electrons. The minimum absolute atomic E-state index is 0.330. The zero-order valence-electron chi connectivity index (χ0n) is 16.7. The first-order valence-electron chi connectivity index (χ1n) is 10.2. The van der Waals surface area contributed by atoms with E-state index >= 15 is 0 Å². The second-order valence-corrected chi connectivity index (χ2v) is 7.59. The summed E-state index contributed by atoms with van der Waals surface area (Å²) in [4.78, 5) is 0. The maximum absolute atomic E-state index is 9.35. The minimum Gasteiger partial charge on any atom is -0.508 e. The predicted octanol–water partition coefficient (Wildman–Crippen LogP) is 6.36. The zero-order chi connectivity index (χ0) is 19.5. The molecule has 3 nitrogen and oxygen atoms in total. The molecule has 0 fully saturated rings. The van der Waals surface area contributed by atoms with Gasteiger partial charge < -0.3 is 14.9 Å². The van der Waals surface area contributed by atoms with Crippen LogP contribution in [0.4, 0.5) is 0 Å². The van der Waals surface area contributed by atoms with E-state index < -0.39 is 0 Å². The van der Waals surface area contributed by atoms with Crippen LogP contribution in [0.2, 0.25) is 0 Å². The molecule has 0 heterocycles. The van der Waals surface area contributed by atoms with Crippen molar-refractivity contribution in [3.05, 3.63) is 59.7 Å². The van der Waals surface area contributed by atoms with E-state index in [4.69, 9.17) is 4.74 Å². The summed E-state index contributed by atoms with van der Waals surface area (Å²) < 4.78 is 5.77. The lowest BCUT2D eigenvalue weighted by Crippen LogP contribution is -2.00. The van der Waals surface area contributed by atoms with E-state index in [2.05, 4.69) is 13.8 Å². The number of phenols is 2. The Kier molecular flexibility index (Phi) is 9.20. The third-order valence-electron chi connectivity index (χ3n) is 5.28. The molecule has 0 amide bonds. The summed E-state index contributed by atoms with van der Waals surface area (Å²) in [5, 5.41) is 18.7. The fourth-order valence-electron chi connectivity index (χ4n) is 3.35. The molecule has 0 spiro atoms. The summed E-state index contributed by atoms with van der Waals surface area (Å²) in [6.07, 6.45) is 6.84. The average molecular weight is 371 g/mol. The lowest BCUT2D eigenvalue weighted by Gasteiger charge is -2.13. The second kappa shape index (κ2) is 11.7. The molecule has 0 radical (unpaired) electrons. The monoisotopic (exact) mass is 370 g/mol. The molecule has 2 atom stereocenters. The van der Waals surface area contributed by atoms with E-state index in [0.717, 1.165) is 38.9 Å². The highest BCUT2D eigenvalue weighted by Crippen LogP contribution is 2.24. The lowest BCUT2D eigenvalue weighted by molar-refractivity contribution is 0.125. The quantitative estimate of drug-likeness (QED) is 0.427. The molecule has 0 aliphatic rings. The third kappa shape index (κ3) is 8.04. The van der Waals surface area contributed by atoms with Gasteiger partial charge in [-0.15, -0.1) is 0 Å². The fourth-order valence-corrected chi connectivity index (χ4v) is 3.35. The number of benzene rings is 2. The Morgan fingerprint density at radius 2 is 1.00 bits per heavy atom. The number of hydrogen-bond donors (Lipinski definition) is 2. The maximum atomic E-state index is 9.35. The van der Waals surface area contributed by atoms with Crippen LogP contribution in [0, 0.1) is 0 Å². The molecule has 2 unspecified atom stereocenters. The Balaban J connectivity index is 1.46. The van der Waals surface area contributed by atoms with Crippen LogP contribution >= 0.6 is 0 Å². The van der Waals surface area contributed by atoms with Crippen molar-refractivity contribution in [2.24, 2.45) is 0 Å². The van der Waals surface area contributed by atoms with Crippen molar-refractivity contribution in [2.45, 2.75) is 64.2 Å². The van der Waals surface area contributed by atoms with Crippen molar-refractivity contribution in [1.29, 1.82) is 0 Å². The fraction of sp³-hybridized carbons (Fsp3) is 0.500. The topological polar surface area (TPSA) is 49.7 Å². The molecule has 0 saturated carbocycles. The Labute approximate surface area is 164 Å². The van der Waals surface area contributed by atoms with Gasteiger partial charge in [-0.3, -0.25) is 0 Å². The van der Waals surface area contributed by atoms with Gasteiger partial charge in [0.1, 0.15) is 11.5 Å². The Morgan fingerprint density at radius 3 is 1.37 bits per heavy atom. The van der Waals surface area contributed by atoms with Gasteiger partial charge in [0.2, 0.25) is 0 Å². The highest BCUT2D eigenvalue weighted by Gasteiger charge is 2.06. The molecule has 0 saturated heterocycles. The van der Waals surface area contributed by atoms with E-state index in [1.165, 1.54) is 24.0 Å². The summed E-state index contributed by atoms with van der Waals surface area (Å²) in [6.45, 7) is 6.16. The molecule has 27 heavy (non-hydrogen) atoms. The highest BCUT2D eigenvalue weighted by atomic mass is 16.5. The summed E-state index contributed by atoms with van der Waals surface area (Å²) >= 11 is 0. The van der Waals surface area contributed by atoms with Crippen LogP contribution in [0.1, 0.15) is 75.3 Å². The van der Waals surface area contributed by atoms with Crippen molar-refractivity contribution in [2.75, 3.05) is 13.2 Å². The van der Waals surface area contributed by atoms with Gasteiger partial charge in [-0.2, -0.15) is 0 Å². The van der Waals surface area contributed by atoms with Crippen LogP contribution in [0.15, 0.2) is 48.5 Å². The lowest BCUT2D eigenvalue weighted by atomic mass is 9.95. The molecule has 2 rings (SSSR count). The molecule has 2 N–H and O–H groups in total. The third-order valence-corrected chi connectivity index (χ3v) is 5.28. The van der Waals surface area contributed by atoms with Crippen LogP contribution in [0.3, 0.4) is 0 Å². The molecule has 2 aromatic carbocycles. The van der Waals surface area contributed by atoms with Gasteiger partial charge in [-0.1, -0.05) is 51.0 Å². The molecule has 0 aliphatic heterocycles. The summed E-state index contributed by atoms with van der Waals surface area (Å²) in [5.74, 6) is 1.70. The largest absolute Gasteiger partial charge is 0.508 e. The summed E-state index contributed by atoms with van der Waals surface area (Å²) in [7, 11) is 0. The number of aromatic hydroxyl groups is 2. The van der Waals surface area contributed by atoms with Crippen molar-refractivity contribution >= 4 is 0 Å². The molecule has 0 aliphatic carbocycles. The standard InChI is InChI=1S/C24H34O3/c1-19(21-9-13-23(25)14-10-21)7-3-5-17-27-18-6-4-8-20(2)22-11-15-24(26)16-12-22/h9-16,19-20,25-26H,3-8,17-18H2,1-2H3. The van der Waals surface area contributed by atoms with Gasteiger partial charge in [0.05, 0.1) is 0 Å². The number of unbranched alkanes of at least 4 members (excludes halogenated alkanes) is 2. The van der Waals surface area contributed by atoms with E-state index in [0.29, 0.717) is 23.3 Å². The van der Waals surface area contributed by atoms with Gasteiger partial charge in [0.15, 0.2) is 0 Å². The Hall–Kier alpha value is -2.00. The Morgan fingerprint density at radius 1 is 0.630 bits per heavy atom. The van der Waals surface area contributed by atoms with E-state index in [-0.39, 0.29) is 0 Å². The summed E-state index contributed by atoms with van der Waals surface area (Å²) in [6, 6.07) is 15.1. The normalized spacial score (nSPS) is 13.4. The highest BCUT2D eigenvalue weighted by molar-refractivity contribution is 5.28. The van der Waals surface area contributed by atoms with Gasteiger partial charge >= 0.3 is 0 Å². The molecular weight excluding hydrogens is 336 g/mol. The van der Waals surface area contributed by atoms with Crippen molar-refractivity contribution < 1.29 is 14.9 Å². The van der Waals surface area contributed by atoms with Gasteiger partial charge in [-0.25, -0.2) is 0 Å². The van der Waals surface area contributed by atoms with Crippen molar-refractivity contribution in [3.63, 3.8) is 0 Å². The van der Waals surface area contributed by atoms with Gasteiger partial charge in [0, 0.05) is 13.2 Å². The molecule has 2 aromatic rings. The van der Waals surface area contributed by atoms with Crippen LogP contribution in [-0.2, 0) is 4.74 Å². The van der Waals surface area contributed by atoms with Crippen LogP contribution in [0.5, 0.6) is 11.5 Å². The first-order valence-corrected chi connectivity index (χ1v) is 10.2. The van der Waals surface area contributed by atoms with Crippen LogP contribution in [0.25, 0.3) is 0 Å². The van der Waals surface area contributed by atoms with E-state index in [1.807, 2.05) is 24.3 Å².